The van der Waals surface area contributed by atoms with Crippen molar-refractivity contribution in [2.24, 2.45) is 0 Å². The monoisotopic (exact) mass is 509 g/mol. The maximum absolute atomic E-state index is 13.5. The molecule has 2 aromatic carbocycles. The van der Waals surface area contributed by atoms with Gasteiger partial charge in [0.05, 0.1) is 35.2 Å². The summed E-state index contributed by atoms with van der Waals surface area (Å²) in [5, 5.41) is 13.9. The van der Waals surface area contributed by atoms with Crippen molar-refractivity contribution in [2.45, 2.75) is 50.2 Å². The van der Waals surface area contributed by atoms with Crippen molar-refractivity contribution in [1.82, 2.24) is 29.1 Å². The molecule has 9 nitrogen and oxygen atoms in total. The highest BCUT2D eigenvalue weighted by Crippen LogP contribution is 2.48. The minimum atomic E-state index is -3.73. The van der Waals surface area contributed by atoms with E-state index >= 15 is 0 Å². The van der Waals surface area contributed by atoms with Crippen molar-refractivity contribution >= 4 is 26.6 Å². The maximum atomic E-state index is 13.5. The summed E-state index contributed by atoms with van der Waals surface area (Å²) >= 11 is 0. The predicted octanol–water partition coefficient (Wildman–Crippen LogP) is 3.69. The number of nitrogens with zero attached hydrogens (tertiary/aromatic N) is 7. The van der Waals surface area contributed by atoms with E-state index in [9.17, 15) is 12.8 Å². The second kappa shape index (κ2) is 8.10. The fourth-order valence-electron chi connectivity index (χ4n) is 5.13. The van der Waals surface area contributed by atoms with Gasteiger partial charge in [-0.05, 0) is 75.6 Å². The van der Waals surface area contributed by atoms with E-state index in [1.54, 1.807) is 16.4 Å². The third-order valence-corrected chi connectivity index (χ3v) is 9.08. The molecule has 0 radical (unpaired) electrons. The van der Waals surface area contributed by atoms with Gasteiger partial charge in [-0.2, -0.15) is 19.3 Å². The number of fused-ring (bicyclic) bond motifs is 1. The van der Waals surface area contributed by atoms with Crippen LogP contribution in [0.3, 0.4) is 0 Å². The van der Waals surface area contributed by atoms with Crippen molar-refractivity contribution in [2.75, 3.05) is 24.5 Å². The third-order valence-electron chi connectivity index (χ3n) is 7.22. The van der Waals surface area contributed by atoms with Crippen LogP contribution in [0.5, 0.6) is 0 Å². The van der Waals surface area contributed by atoms with Crippen molar-refractivity contribution in [3.8, 4) is 5.69 Å². The number of anilines is 1. The van der Waals surface area contributed by atoms with Gasteiger partial charge in [0.25, 0.3) is 10.0 Å². The standard InChI is InChI=1S/C25H28FN7O2S/c1-17(2)33-28-15-24(29-33)36(34,35)31-11-10-30(16-25(31)8-9-25)22-13-19-14-27-32(23(19)12-18(22)3)21-6-4-20(26)5-7-21/h4-7,12-15,17H,8-11,16H2,1-3H3. The van der Waals surface area contributed by atoms with E-state index in [1.165, 1.54) is 23.1 Å². The van der Waals surface area contributed by atoms with Gasteiger partial charge in [0.1, 0.15) is 5.82 Å². The molecular weight excluding hydrogens is 481 g/mol. The molecule has 1 saturated heterocycles. The molecule has 0 N–H and O–H groups in total. The Bertz CT molecular complexity index is 1560. The zero-order chi connectivity index (χ0) is 25.2. The predicted molar refractivity (Wildman–Crippen MR) is 134 cm³/mol. The van der Waals surface area contributed by atoms with Crippen LogP contribution in [-0.4, -0.2) is 62.7 Å². The maximum Gasteiger partial charge on any atom is 0.264 e. The second-order valence-corrected chi connectivity index (χ2v) is 11.9. The molecule has 4 aromatic rings. The van der Waals surface area contributed by atoms with E-state index in [0.717, 1.165) is 40.7 Å². The van der Waals surface area contributed by atoms with Crippen LogP contribution < -0.4 is 4.90 Å². The molecule has 1 aliphatic carbocycles. The Kier molecular flexibility index (Phi) is 5.20. The lowest BCUT2D eigenvalue weighted by Crippen LogP contribution is -2.57. The van der Waals surface area contributed by atoms with Gasteiger partial charge in [0.15, 0.2) is 0 Å². The molecule has 1 saturated carbocycles. The minimum absolute atomic E-state index is 0.00834. The first-order valence-electron chi connectivity index (χ1n) is 12.1. The zero-order valence-corrected chi connectivity index (χ0v) is 21.3. The molecule has 6 rings (SSSR count). The van der Waals surface area contributed by atoms with Crippen LogP contribution in [0.25, 0.3) is 16.6 Å². The molecule has 36 heavy (non-hydrogen) atoms. The highest BCUT2D eigenvalue weighted by atomic mass is 32.2. The highest BCUT2D eigenvalue weighted by Gasteiger charge is 2.56. The number of hydrogen-bond donors (Lipinski definition) is 0. The smallest absolute Gasteiger partial charge is 0.264 e. The number of rotatable bonds is 5. The van der Waals surface area contributed by atoms with Gasteiger partial charge < -0.3 is 4.90 Å². The minimum Gasteiger partial charge on any atom is -0.368 e. The van der Waals surface area contributed by atoms with Crippen LogP contribution >= 0.6 is 0 Å². The molecule has 1 aliphatic heterocycles. The Morgan fingerprint density at radius 3 is 2.44 bits per heavy atom. The number of aromatic nitrogens is 5. The van der Waals surface area contributed by atoms with Gasteiger partial charge in [0, 0.05) is 30.7 Å². The largest absolute Gasteiger partial charge is 0.368 e. The molecule has 0 bridgehead atoms. The zero-order valence-electron chi connectivity index (χ0n) is 20.5. The van der Waals surface area contributed by atoms with Gasteiger partial charge in [-0.25, -0.2) is 17.5 Å². The first-order chi connectivity index (χ1) is 17.2. The molecular formula is C25H28FN7O2S. The lowest BCUT2D eigenvalue weighted by Gasteiger charge is -2.42. The second-order valence-electron chi connectivity index (χ2n) is 10.1. The molecule has 2 aliphatic rings. The average Bonchev–Trinajstić information content (AvgIpc) is 3.24. The molecule has 2 aromatic heterocycles. The van der Waals surface area contributed by atoms with Crippen LogP contribution in [-0.2, 0) is 10.0 Å². The van der Waals surface area contributed by atoms with E-state index in [-0.39, 0.29) is 16.9 Å². The molecule has 1 spiro atoms. The molecule has 11 heteroatoms. The van der Waals surface area contributed by atoms with Crippen LogP contribution in [0, 0.1) is 12.7 Å². The van der Waals surface area contributed by atoms with E-state index < -0.39 is 15.6 Å². The van der Waals surface area contributed by atoms with Crippen molar-refractivity contribution < 1.29 is 12.8 Å². The van der Waals surface area contributed by atoms with Gasteiger partial charge in [0.2, 0.25) is 5.03 Å². The number of halogens is 1. The number of hydrogen-bond acceptors (Lipinski definition) is 6. The summed E-state index contributed by atoms with van der Waals surface area (Å²) in [6, 6.07) is 10.5. The van der Waals surface area contributed by atoms with Crippen molar-refractivity contribution in [3.05, 3.63) is 60.2 Å². The van der Waals surface area contributed by atoms with Crippen LogP contribution in [0.4, 0.5) is 10.1 Å². The Labute approximate surface area is 209 Å². The molecule has 0 unspecified atom stereocenters. The van der Waals surface area contributed by atoms with Crippen molar-refractivity contribution in [1.29, 1.82) is 0 Å². The molecule has 2 fully saturated rings. The number of benzene rings is 2. The van der Waals surface area contributed by atoms with Crippen LogP contribution in [0.2, 0.25) is 0 Å². The first kappa shape index (κ1) is 23.1. The van der Waals surface area contributed by atoms with E-state index in [1.807, 2.05) is 24.7 Å². The lowest BCUT2D eigenvalue weighted by atomic mass is 10.1. The lowest BCUT2D eigenvalue weighted by molar-refractivity contribution is 0.269. The number of piperazine rings is 1. The third kappa shape index (κ3) is 3.68. The molecule has 0 atom stereocenters. The Hall–Kier alpha value is -3.31. The number of sulfonamides is 1. The normalized spacial score (nSPS) is 18.0. The Balaban J connectivity index is 1.28. The van der Waals surface area contributed by atoms with E-state index in [0.29, 0.717) is 19.6 Å². The van der Waals surface area contributed by atoms with Crippen molar-refractivity contribution in [3.63, 3.8) is 0 Å². The molecule has 188 valence electrons. The van der Waals surface area contributed by atoms with Gasteiger partial charge >= 0.3 is 0 Å². The molecule has 0 amide bonds. The quantitative estimate of drug-likeness (QED) is 0.408. The fourth-order valence-corrected chi connectivity index (χ4v) is 6.80. The van der Waals surface area contributed by atoms with Crippen LogP contribution in [0.1, 0.15) is 38.3 Å². The summed E-state index contributed by atoms with van der Waals surface area (Å²) in [7, 11) is -3.73. The van der Waals surface area contributed by atoms with Gasteiger partial charge in [-0.15, -0.1) is 5.10 Å². The summed E-state index contributed by atoms with van der Waals surface area (Å²) in [4.78, 5) is 3.72. The average molecular weight is 510 g/mol. The topological polar surface area (TPSA) is 89.2 Å². The summed E-state index contributed by atoms with van der Waals surface area (Å²) in [5.41, 5.74) is 3.48. The highest BCUT2D eigenvalue weighted by molar-refractivity contribution is 7.89. The van der Waals surface area contributed by atoms with Crippen LogP contribution in [0.15, 0.2) is 53.8 Å². The summed E-state index contributed by atoms with van der Waals surface area (Å²) < 4.78 is 43.8. The number of aryl methyl sites for hydroxylation is 1. The summed E-state index contributed by atoms with van der Waals surface area (Å²) in [6.07, 6.45) is 4.82. The Morgan fingerprint density at radius 2 is 1.78 bits per heavy atom. The van der Waals surface area contributed by atoms with E-state index in [2.05, 4.69) is 39.3 Å². The van der Waals surface area contributed by atoms with Gasteiger partial charge in [-0.1, -0.05) is 0 Å². The first-order valence-corrected chi connectivity index (χ1v) is 13.6. The van der Waals surface area contributed by atoms with Gasteiger partial charge in [-0.3, -0.25) is 0 Å². The molecule has 3 heterocycles. The SMILES string of the molecule is Cc1cc2c(cnn2-c2ccc(F)cc2)cc1N1CCN(S(=O)(=O)c2cnn(C(C)C)n2)C2(CC2)C1. The fraction of sp³-hybridized carbons (Fsp3) is 0.400. The van der Waals surface area contributed by atoms with E-state index in [4.69, 9.17) is 0 Å². The Morgan fingerprint density at radius 1 is 1.03 bits per heavy atom. The summed E-state index contributed by atoms with van der Waals surface area (Å²) in [6.45, 7) is 7.49. The summed E-state index contributed by atoms with van der Waals surface area (Å²) in [5.74, 6) is -0.284.